The lowest BCUT2D eigenvalue weighted by molar-refractivity contribution is -0.192. The summed E-state index contributed by atoms with van der Waals surface area (Å²) in [6.07, 6.45) is 0.441. The van der Waals surface area contributed by atoms with Crippen LogP contribution in [0.25, 0.3) is 0 Å². The Morgan fingerprint density at radius 2 is 1.86 bits per heavy atom. The summed E-state index contributed by atoms with van der Waals surface area (Å²) in [5.41, 5.74) is 1.27. The first-order chi connectivity index (χ1) is 13.7. The van der Waals surface area contributed by atoms with Crippen molar-refractivity contribution in [2.45, 2.75) is 31.7 Å². The molecule has 4 heterocycles. The first-order valence-corrected chi connectivity index (χ1v) is 9.56. The molecule has 4 rings (SSSR count). The summed E-state index contributed by atoms with van der Waals surface area (Å²) >= 11 is 0. The van der Waals surface area contributed by atoms with Crippen LogP contribution < -0.4 is 0 Å². The van der Waals surface area contributed by atoms with Gasteiger partial charge in [0, 0.05) is 51.7 Å². The van der Waals surface area contributed by atoms with Crippen molar-refractivity contribution in [2.75, 3.05) is 32.8 Å². The van der Waals surface area contributed by atoms with Gasteiger partial charge in [0.15, 0.2) is 0 Å². The molecule has 1 amide bonds. The SMILES string of the molecule is O=C(O)C(F)(F)F.O=C([C@@H]1CCCO1)N1C[C@H]2CN(Cc3cccnc3)C[C@H]2C1. The molecule has 10 heteroatoms. The number of amides is 1. The monoisotopic (exact) mass is 415 g/mol. The molecule has 7 nitrogen and oxygen atoms in total. The van der Waals surface area contributed by atoms with Gasteiger partial charge in [0.25, 0.3) is 5.91 Å². The second-order valence-electron chi connectivity index (χ2n) is 7.62. The van der Waals surface area contributed by atoms with E-state index in [-0.39, 0.29) is 12.0 Å². The molecule has 3 saturated heterocycles. The molecule has 0 unspecified atom stereocenters. The predicted molar refractivity (Wildman–Crippen MR) is 95.7 cm³/mol. The minimum Gasteiger partial charge on any atom is -0.475 e. The number of pyridine rings is 1. The summed E-state index contributed by atoms with van der Waals surface area (Å²) in [4.78, 5) is 30.1. The molecule has 3 aliphatic rings. The van der Waals surface area contributed by atoms with Crippen LogP contribution in [0.2, 0.25) is 0 Å². The number of hydrogen-bond acceptors (Lipinski definition) is 5. The maximum Gasteiger partial charge on any atom is 0.490 e. The van der Waals surface area contributed by atoms with Gasteiger partial charge in [-0.3, -0.25) is 14.7 Å². The molecule has 0 bridgehead atoms. The highest BCUT2D eigenvalue weighted by Crippen LogP contribution is 2.33. The van der Waals surface area contributed by atoms with Crippen LogP contribution in [0.1, 0.15) is 18.4 Å². The summed E-state index contributed by atoms with van der Waals surface area (Å²) < 4.78 is 37.3. The number of halogens is 3. The lowest BCUT2D eigenvalue weighted by Crippen LogP contribution is -2.39. The van der Waals surface area contributed by atoms with Crippen LogP contribution in [-0.2, 0) is 20.9 Å². The van der Waals surface area contributed by atoms with E-state index in [0.29, 0.717) is 11.8 Å². The van der Waals surface area contributed by atoms with Crippen molar-refractivity contribution in [1.82, 2.24) is 14.8 Å². The molecule has 0 saturated carbocycles. The molecule has 3 aliphatic heterocycles. The third-order valence-electron chi connectivity index (χ3n) is 5.45. The lowest BCUT2D eigenvalue weighted by atomic mass is 10.0. The Kier molecular flexibility index (Phi) is 6.74. The van der Waals surface area contributed by atoms with Crippen molar-refractivity contribution >= 4 is 11.9 Å². The van der Waals surface area contributed by atoms with E-state index in [1.54, 1.807) is 0 Å². The minimum absolute atomic E-state index is 0.162. The molecule has 0 spiro atoms. The van der Waals surface area contributed by atoms with Gasteiger partial charge in [-0.2, -0.15) is 13.2 Å². The van der Waals surface area contributed by atoms with E-state index < -0.39 is 12.1 Å². The van der Waals surface area contributed by atoms with Gasteiger partial charge < -0.3 is 14.7 Å². The number of carboxylic acid groups (broad SMARTS) is 1. The van der Waals surface area contributed by atoms with E-state index in [0.717, 1.165) is 52.2 Å². The Bertz CT molecular complexity index is 696. The molecule has 3 fully saturated rings. The molecule has 0 aliphatic carbocycles. The van der Waals surface area contributed by atoms with Crippen LogP contribution >= 0.6 is 0 Å². The zero-order valence-electron chi connectivity index (χ0n) is 15.8. The van der Waals surface area contributed by atoms with Crippen LogP contribution in [0.3, 0.4) is 0 Å². The van der Waals surface area contributed by atoms with Gasteiger partial charge in [-0.25, -0.2) is 4.79 Å². The van der Waals surface area contributed by atoms with Crippen LogP contribution in [-0.4, -0.2) is 76.8 Å². The number of aromatic nitrogens is 1. The number of ether oxygens (including phenoxy) is 1. The zero-order chi connectivity index (χ0) is 21.0. The average molecular weight is 415 g/mol. The molecule has 1 aromatic heterocycles. The Balaban J connectivity index is 0.000000298. The molecule has 1 N–H and O–H groups in total. The van der Waals surface area contributed by atoms with Gasteiger partial charge in [0.1, 0.15) is 6.10 Å². The van der Waals surface area contributed by atoms with Crippen molar-refractivity contribution in [1.29, 1.82) is 0 Å². The Hall–Kier alpha value is -2.20. The number of nitrogens with zero attached hydrogens (tertiary/aromatic N) is 3. The maximum absolute atomic E-state index is 12.4. The molecule has 160 valence electrons. The molecular weight excluding hydrogens is 391 g/mol. The number of fused-ring (bicyclic) bond motifs is 1. The van der Waals surface area contributed by atoms with Gasteiger partial charge in [0.05, 0.1) is 0 Å². The van der Waals surface area contributed by atoms with Gasteiger partial charge in [-0.15, -0.1) is 0 Å². The van der Waals surface area contributed by atoms with Crippen molar-refractivity contribution < 1.29 is 32.6 Å². The fourth-order valence-corrected chi connectivity index (χ4v) is 4.13. The lowest BCUT2D eigenvalue weighted by Gasteiger charge is -2.23. The van der Waals surface area contributed by atoms with Crippen molar-refractivity contribution in [3.8, 4) is 0 Å². The van der Waals surface area contributed by atoms with Crippen LogP contribution in [0, 0.1) is 11.8 Å². The fourth-order valence-electron chi connectivity index (χ4n) is 4.13. The smallest absolute Gasteiger partial charge is 0.475 e. The molecule has 3 atom stereocenters. The first kappa shape index (κ1) is 21.5. The first-order valence-electron chi connectivity index (χ1n) is 9.56. The molecule has 0 radical (unpaired) electrons. The van der Waals surface area contributed by atoms with E-state index in [2.05, 4.69) is 16.0 Å². The van der Waals surface area contributed by atoms with Crippen molar-refractivity contribution in [3.05, 3.63) is 30.1 Å². The Morgan fingerprint density at radius 3 is 2.34 bits per heavy atom. The third kappa shape index (κ3) is 5.66. The summed E-state index contributed by atoms with van der Waals surface area (Å²) in [6.45, 7) is 5.72. The van der Waals surface area contributed by atoms with E-state index in [9.17, 15) is 18.0 Å². The number of likely N-dealkylation sites (tertiary alicyclic amines) is 2. The normalized spacial score (nSPS) is 26.7. The van der Waals surface area contributed by atoms with Crippen LogP contribution in [0.4, 0.5) is 13.2 Å². The highest BCUT2D eigenvalue weighted by atomic mass is 19.4. The number of hydrogen-bond donors (Lipinski definition) is 1. The highest BCUT2D eigenvalue weighted by Gasteiger charge is 2.43. The molecule has 29 heavy (non-hydrogen) atoms. The van der Waals surface area contributed by atoms with Gasteiger partial charge >= 0.3 is 12.1 Å². The Morgan fingerprint density at radius 1 is 1.21 bits per heavy atom. The zero-order valence-corrected chi connectivity index (χ0v) is 15.8. The van der Waals surface area contributed by atoms with E-state index in [1.807, 2.05) is 23.4 Å². The van der Waals surface area contributed by atoms with Crippen molar-refractivity contribution in [2.24, 2.45) is 11.8 Å². The largest absolute Gasteiger partial charge is 0.490 e. The number of alkyl halides is 3. The molecule has 0 aromatic carbocycles. The quantitative estimate of drug-likeness (QED) is 0.811. The second-order valence-corrected chi connectivity index (χ2v) is 7.62. The topological polar surface area (TPSA) is 83.0 Å². The number of carboxylic acids is 1. The fraction of sp³-hybridized carbons (Fsp3) is 0.632. The Labute approximate surface area is 166 Å². The maximum atomic E-state index is 12.4. The van der Waals surface area contributed by atoms with Crippen molar-refractivity contribution in [3.63, 3.8) is 0 Å². The summed E-state index contributed by atoms with van der Waals surface area (Å²) in [5.74, 6) is -1.28. The van der Waals surface area contributed by atoms with E-state index >= 15 is 0 Å². The van der Waals surface area contributed by atoms with E-state index in [4.69, 9.17) is 14.6 Å². The average Bonchev–Trinajstić information content (AvgIpc) is 3.38. The summed E-state index contributed by atoms with van der Waals surface area (Å²) in [5, 5.41) is 7.12. The van der Waals surface area contributed by atoms with Gasteiger partial charge in [-0.1, -0.05) is 6.07 Å². The van der Waals surface area contributed by atoms with Gasteiger partial charge in [0.2, 0.25) is 0 Å². The highest BCUT2D eigenvalue weighted by molar-refractivity contribution is 5.81. The minimum atomic E-state index is -5.08. The number of aliphatic carboxylic acids is 1. The third-order valence-corrected chi connectivity index (χ3v) is 5.45. The van der Waals surface area contributed by atoms with Gasteiger partial charge in [-0.05, 0) is 36.3 Å². The summed E-state index contributed by atoms with van der Waals surface area (Å²) in [7, 11) is 0. The standard InChI is InChI=1S/C17H23N3O2.C2HF3O2/c21-17(16-4-2-6-22-16)20-11-14-9-19(10-15(14)12-20)8-13-3-1-5-18-7-13;3-2(4,5)1(6)7/h1,3,5,7,14-16H,2,4,6,8-12H2;(H,6,7)/t14-,15+,16-;/m0./s1. The number of carbonyl (C=O) groups is 2. The van der Waals surface area contributed by atoms with E-state index in [1.165, 1.54) is 5.56 Å². The number of carbonyl (C=O) groups excluding carboxylic acids is 1. The predicted octanol–water partition coefficient (Wildman–Crippen LogP) is 1.78. The summed E-state index contributed by atoms with van der Waals surface area (Å²) in [6, 6.07) is 4.13. The molecule has 1 aromatic rings. The van der Waals surface area contributed by atoms with Crippen LogP contribution in [0.5, 0.6) is 0 Å². The van der Waals surface area contributed by atoms with Crippen LogP contribution in [0.15, 0.2) is 24.5 Å². The second kappa shape index (κ2) is 9.08. The number of rotatable bonds is 3. The molecular formula is C19H24F3N3O4.